The summed E-state index contributed by atoms with van der Waals surface area (Å²) in [5.41, 5.74) is 0. The molecule has 0 bridgehead atoms. The van der Waals surface area contributed by atoms with Crippen molar-refractivity contribution in [1.29, 1.82) is 0 Å². The summed E-state index contributed by atoms with van der Waals surface area (Å²) >= 11 is 1.27. The summed E-state index contributed by atoms with van der Waals surface area (Å²) in [4.78, 5) is 23.4. The zero-order chi connectivity index (χ0) is 25.7. The maximum absolute atomic E-state index is 11.7. The Balaban J connectivity index is 3.45. The van der Waals surface area contributed by atoms with E-state index in [4.69, 9.17) is 9.47 Å². The van der Waals surface area contributed by atoms with Gasteiger partial charge in [0.05, 0.1) is 13.2 Å². The monoisotopic (exact) mass is 510 g/mol. The average Bonchev–Trinajstić information content (AvgIpc) is 2.85. The number of thioether (sulfide) groups is 1. The van der Waals surface area contributed by atoms with Gasteiger partial charge in [-0.2, -0.15) is 0 Å². The van der Waals surface area contributed by atoms with Crippen LogP contribution in [0, 0.1) is 0 Å². The number of carbonyl (C=O) groups excluding carboxylic acids is 2. The largest absolute Gasteiger partial charge is 0.463 e. The van der Waals surface area contributed by atoms with Crippen LogP contribution in [0.4, 0.5) is 0 Å². The summed E-state index contributed by atoms with van der Waals surface area (Å²) in [5, 5.41) is 3.26. The van der Waals surface area contributed by atoms with E-state index in [9.17, 15) is 9.59 Å². The van der Waals surface area contributed by atoms with Crippen LogP contribution in [0.15, 0.2) is 23.0 Å². The average molecular weight is 511 g/mol. The van der Waals surface area contributed by atoms with Crippen LogP contribution in [-0.2, 0) is 19.1 Å². The van der Waals surface area contributed by atoms with Crippen molar-refractivity contribution in [1.82, 2.24) is 0 Å². The van der Waals surface area contributed by atoms with E-state index in [-0.39, 0.29) is 11.9 Å². The summed E-state index contributed by atoms with van der Waals surface area (Å²) in [6, 6.07) is 0. The fourth-order valence-electron chi connectivity index (χ4n) is 3.86. The summed E-state index contributed by atoms with van der Waals surface area (Å²) < 4.78 is 10.4. The Kier molecular flexibility index (Phi) is 28.0. The van der Waals surface area contributed by atoms with E-state index in [1.807, 2.05) is 0 Å². The molecular formula is C30H54O4S. The Bertz CT molecular complexity index is 484. The molecule has 0 aromatic heterocycles. The molecule has 0 saturated heterocycles. The molecule has 0 saturated carbocycles. The van der Waals surface area contributed by atoms with Gasteiger partial charge in [-0.25, -0.2) is 9.59 Å². The molecule has 35 heavy (non-hydrogen) atoms. The molecule has 0 rings (SSSR count). The van der Waals surface area contributed by atoms with Gasteiger partial charge in [0.2, 0.25) is 0 Å². The van der Waals surface area contributed by atoms with Crippen LogP contribution in [0.1, 0.15) is 142 Å². The minimum atomic E-state index is -0.328. The molecule has 4 nitrogen and oxygen atoms in total. The Morgan fingerprint density at radius 2 is 0.771 bits per heavy atom. The first-order chi connectivity index (χ1) is 17.2. The normalized spacial score (nSPS) is 11.5. The van der Waals surface area contributed by atoms with Gasteiger partial charge in [0.15, 0.2) is 0 Å². The molecule has 0 radical (unpaired) electrons. The first kappa shape index (κ1) is 33.8. The van der Waals surface area contributed by atoms with Crippen molar-refractivity contribution in [3.8, 4) is 0 Å². The van der Waals surface area contributed by atoms with E-state index >= 15 is 0 Å². The second-order valence-electron chi connectivity index (χ2n) is 9.44. The van der Waals surface area contributed by atoms with Gasteiger partial charge in [-0.1, -0.05) is 129 Å². The molecule has 0 spiro atoms. The maximum atomic E-state index is 11.7. The number of hydrogen-bond acceptors (Lipinski definition) is 5. The SMILES string of the molecule is CCCCCCCCCCCCOC(=O)C=CSC=CC(=O)OCCCCCCCCCCCC. The Morgan fingerprint density at radius 3 is 1.09 bits per heavy atom. The molecule has 0 aromatic rings. The lowest BCUT2D eigenvalue weighted by Gasteiger charge is -2.03. The molecule has 0 aliphatic carbocycles. The van der Waals surface area contributed by atoms with Gasteiger partial charge < -0.3 is 9.47 Å². The van der Waals surface area contributed by atoms with Gasteiger partial charge in [-0.3, -0.25) is 0 Å². The smallest absolute Gasteiger partial charge is 0.331 e. The third-order valence-corrected chi connectivity index (χ3v) is 6.64. The molecule has 5 heteroatoms. The summed E-state index contributed by atoms with van der Waals surface area (Å²) in [6.45, 7) is 5.45. The summed E-state index contributed by atoms with van der Waals surface area (Å²) in [5.74, 6) is -0.657. The molecule has 0 atom stereocenters. The molecule has 0 unspecified atom stereocenters. The predicted octanol–water partition coefficient (Wildman–Crippen LogP) is 9.68. The first-order valence-electron chi connectivity index (χ1n) is 14.5. The maximum Gasteiger partial charge on any atom is 0.331 e. The lowest BCUT2D eigenvalue weighted by atomic mass is 10.1. The summed E-state index contributed by atoms with van der Waals surface area (Å²) in [7, 11) is 0. The van der Waals surface area contributed by atoms with Gasteiger partial charge in [-0.05, 0) is 23.7 Å². The van der Waals surface area contributed by atoms with Crippen molar-refractivity contribution >= 4 is 23.7 Å². The fraction of sp³-hybridized carbons (Fsp3) is 0.800. The lowest BCUT2D eigenvalue weighted by molar-refractivity contribution is -0.138. The Hall–Kier alpha value is -1.23. The fourth-order valence-corrected chi connectivity index (χ4v) is 4.33. The van der Waals surface area contributed by atoms with Crippen molar-refractivity contribution in [2.24, 2.45) is 0 Å². The van der Waals surface area contributed by atoms with E-state index in [1.54, 1.807) is 10.8 Å². The van der Waals surface area contributed by atoms with Crippen LogP contribution in [0.25, 0.3) is 0 Å². The standard InChI is InChI=1S/C30H54O4S/c1-3-5-7-9-11-13-15-17-19-21-25-33-29(31)23-27-35-28-24-30(32)34-26-22-20-18-16-14-12-10-8-6-4-2/h23-24,27-28H,3-22,25-26H2,1-2H3. The number of carbonyl (C=O) groups is 2. The Labute approximate surface area is 221 Å². The van der Waals surface area contributed by atoms with Crippen LogP contribution in [0.5, 0.6) is 0 Å². The quantitative estimate of drug-likeness (QED) is 0.0658. The molecule has 0 heterocycles. The second-order valence-corrected chi connectivity index (χ2v) is 10.3. The van der Waals surface area contributed by atoms with Gasteiger partial charge in [0.1, 0.15) is 0 Å². The van der Waals surface area contributed by atoms with Gasteiger partial charge in [-0.15, -0.1) is 11.8 Å². The van der Waals surface area contributed by atoms with Crippen LogP contribution in [-0.4, -0.2) is 25.2 Å². The highest BCUT2D eigenvalue weighted by Gasteiger charge is 1.99. The number of hydrogen-bond donors (Lipinski definition) is 0. The summed E-state index contributed by atoms with van der Waals surface area (Å²) in [6.07, 6.45) is 28.0. The Morgan fingerprint density at radius 1 is 0.486 bits per heavy atom. The number of rotatable bonds is 26. The molecule has 0 aromatic carbocycles. The molecule has 0 N–H and O–H groups in total. The first-order valence-corrected chi connectivity index (χ1v) is 15.5. The van der Waals surface area contributed by atoms with Crippen molar-refractivity contribution in [2.45, 2.75) is 142 Å². The number of esters is 2. The van der Waals surface area contributed by atoms with E-state index in [0.29, 0.717) is 13.2 Å². The zero-order valence-electron chi connectivity index (χ0n) is 22.9. The van der Waals surface area contributed by atoms with E-state index < -0.39 is 0 Å². The second kappa shape index (κ2) is 29.0. The molecule has 0 aliphatic heterocycles. The molecular weight excluding hydrogens is 456 g/mol. The van der Waals surface area contributed by atoms with E-state index in [1.165, 1.54) is 127 Å². The molecule has 0 fully saturated rings. The highest BCUT2D eigenvalue weighted by atomic mass is 32.2. The lowest BCUT2D eigenvalue weighted by Crippen LogP contribution is -2.02. The zero-order valence-corrected chi connectivity index (χ0v) is 23.7. The van der Waals surface area contributed by atoms with Gasteiger partial charge in [0, 0.05) is 12.2 Å². The highest BCUT2D eigenvalue weighted by Crippen LogP contribution is 2.12. The van der Waals surface area contributed by atoms with Crippen LogP contribution >= 0.6 is 11.8 Å². The minimum Gasteiger partial charge on any atom is -0.463 e. The highest BCUT2D eigenvalue weighted by molar-refractivity contribution is 8.04. The molecule has 0 aliphatic rings. The predicted molar refractivity (Wildman–Crippen MR) is 151 cm³/mol. The van der Waals surface area contributed by atoms with Gasteiger partial charge in [0.25, 0.3) is 0 Å². The third kappa shape index (κ3) is 28.9. The van der Waals surface area contributed by atoms with Crippen molar-refractivity contribution in [3.63, 3.8) is 0 Å². The van der Waals surface area contributed by atoms with Crippen molar-refractivity contribution in [3.05, 3.63) is 23.0 Å². The van der Waals surface area contributed by atoms with Gasteiger partial charge >= 0.3 is 11.9 Å². The number of ether oxygens (including phenoxy) is 2. The third-order valence-electron chi connectivity index (χ3n) is 6.05. The topological polar surface area (TPSA) is 52.6 Å². The number of unbranched alkanes of at least 4 members (excludes halogenated alkanes) is 18. The van der Waals surface area contributed by atoms with Crippen molar-refractivity contribution in [2.75, 3.05) is 13.2 Å². The molecule has 0 amide bonds. The van der Waals surface area contributed by atoms with Crippen molar-refractivity contribution < 1.29 is 19.1 Å². The minimum absolute atomic E-state index is 0.328. The van der Waals surface area contributed by atoms with Crippen LogP contribution in [0.2, 0.25) is 0 Å². The van der Waals surface area contributed by atoms with Crippen LogP contribution < -0.4 is 0 Å². The van der Waals surface area contributed by atoms with E-state index in [0.717, 1.165) is 25.7 Å². The van der Waals surface area contributed by atoms with Crippen LogP contribution in [0.3, 0.4) is 0 Å². The molecule has 204 valence electrons. The van der Waals surface area contributed by atoms with E-state index in [2.05, 4.69) is 13.8 Å².